The fourth-order valence-electron chi connectivity index (χ4n) is 2.14. The maximum absolute atomic E-state index is 12.0. The van der Waals surface area contributed by atoms with Crippen molar-refractivity contribution in [3.63, 3.8) is 0 Å². The maximum Gasteiger partial charge on any atom is 0.325 e. The molecule has 2 aromatic carbocycles. The molecule has 0 bridgehead atoms. The Morgan fingerprint density at radius 2 is 1.81 bits per heavy atom. The van der Waals surface area contributed by atoms with Crippen LogP contribution in [0.3, 0.4) is 0 Å². The van der Waals surface area contributed by atoms with Gasteiger partial charge in [0.05, 0.1) is 17.1 Å². The summed E-state index contributed by atoms with van der Waals surface area (Å²) in [5.41, 5.74) is 0.530. The smallest absolute Gasteiger partial charge is 0.325 e. The van der Waals surface area contributed by atoms with Crippen molar-refractivity contribution >= 4 is 17.6 Å². The minimum Gasteiger partial charge on any atom is -0.494 e. The van der Waals surface area contributed by atoms with Gasteiger partial charge in [-0.15, -0.1) is 0 Å². The Bertz CT molecular complexity index is 789. The Kier molecular flexibility index (Phi) is 6.67. The summed E-state index contributed by atoms with van der Waals surface area (Å²) in [7, 11) is 0. The van der Waals surface area contributed by atoms with Crippen LogP contribution in [0.2, 0.25) is 0 Å². The van der Waals surface area contributed by atoms with Gasteiger partial charge >= 0.3 is 5.97 Å². The van der Waals surface area contributed by atoms with Crippen molar-refractivity contribution in [2.75, 3.05) is 13.2 Å². The number of benzene rings is 2. The lowest BCUT2D eigenvalue weighted by Gasteiger charge is -2.08. The van der Waals surface area contributed by atoms with Gasteiger partial charge < -0.3 is 14.8 Å². The van der Waals surface area contributed by atoms with E-state index in [-0.39, 0.29) is 24.4 Å². The molecule has 1 amide bonds. The zero-order chi connectivity index (χ0) is 18.9. The third-order valence-electron chi connectivity index (χ3n) is 3.40. The van der Waals surface area contributed by atoms with Gasteiger partial charge in [0.15, 0.2) is 0 Å². The van der Waals surface area contributed by atoms with Gasteiger partial charge in [0, 0.05) is 11.6 Å². The highest BCUT2D eigenvalue weighted by Gasteiger charge is 2.15. The van der Waals surface area contributed by atoms with Crippen LogP contribution in [0.25, 0.3) is 0 Å². The van der Waals surface area contributed by atoms with E-state index in [4.69, 9.17) is 9.47 Å². The summed E-state index contributed by atoms with van der Waals surface area (Å²) in [6, 6.07) is 12.5. The number of hydrogen-bond acceptors (Lipinski definition) is 6. The second-order valence-corrected chi connectivity index (χ2v) is 5.19. The number of esters is 1. The van der Waals surface area contributed by atoms with Gasteiger partial charge in [-0.2, -0.15) is 0 Å². The quantitative estimate of drug-likeness (QED) is 0.441. The topological polar surface area (TPSA) is 108 Å². The van der Waals surface area contributed by atoms with Crippen LogP contribution in [0.15, 0.2) is 48.5 Å². The van der Waals surface area contributed by atoms with E-state index in [1.807, 2.05) is 6.92 Å². The fraction of sp³-hybridized carbons (Fsp3) is 0.222. The van der Waals surface area contributed by atoms with Gasteiger partial charge in [0.1, 0.15) is 18.9 Å². The van der Waals surface area contributed by atoms with Crippen LogP contribution in [0.5, 0.6) is 5.75 Å². The molecule has 0 radical (unpaired) electrons. The van der Waals surface area contributed by atoms with Crippen molar-refractivity contribution < 1.29 is 24.0 Å². The molecular formula is C18H18N2O6. The number of nitrogens with one attached hydrogen (secondary N) is 1. The van der Waals surface area contributed by atoms with Crippen molar-refractivity contribution in [1.29, 1.82) is 0 Å². The number of nitro groups is 1. The molecule has 26 heavy (non-hydrogen) atoms. The molecule has 0 aliphatic heterocycles. The first-order chi connectivity index (χ1) is 12.5. The predicted octanol–water partition coefficient (Wildman–Crippen LogP) is 2.47. The second kappa shape index (κ2) is 9.16. The first kappa shape index (κ1) is 18.9. The summed E-state index contributed by atoms with van der Waals surface area (Å²) < 4.78 is 10.3. The number of ether oxygens (including phenoxy) is 2. The molecule has 2 rings (SSSR count). The number of carbonyl (C=O) groups excluding carboxylic acids is 2. The lowest BCUT2D eigenvalue weighted by Crippen LogP contribution is -2.30. The molecule has 0 aliphatic rings. The number of hydrogen-bond donors (Lipinski definition) is 1. The first-order valence-electron chi connectivity index (χ1n) is 7.90. The van der Waals surface area contributed by atoms with Crippen molar-refractivity contribution in [3.05, 3.63) is 69.8 Å². The first-order valence-corrected chi connectivity index (χ1v) is 7.90. The molecule has 0 aromatic heterocycles. The van der Waals surface area contributed by atoms with Crippen molar-refractivity contribution in [1.82, 2.24) is 5.32 Å². The molecule has 1 N–H and O–H groups in total. The zero-order valence-electron chi connectivity index (χ0n) is 14.1. The summed E-state index contributed by atoms with van der Waals surface area (Å²) in [5, 5.41) is 13.3. The van der Waals surface area contributed by atoms with Crippen molar-refractivity contribution in [2.45, 2.75) is 13.5 Å². The number of carbonyl (C=O) groups is 2. The van der Waals surface area contributed by atoms with E-state index in [0.29, 0.717) is 17.9 Å². The van der Waals surface area contributed by atoms with Gasteiger partial charge in [-0.25, -0.2) is 0 Å². The zero-order valence-corrected chi connectivity index (χ0v) is 14.1. The van der Waals surface area contributed by atoms with Crippen molar-refractivity contribution in [3.8, 4) is 5.75 Å². The Balaban J connectivity index is 1.83. The number of nitro benzene ring substituents is 1. The molecule has 8 nitrogen and oxygen atoms in total. The molecule has 0 fully saturated rings. The van der Waals surface area contributed by atoms with Crippen LogP contribution in [-0.4, -0.2) is 30.0 Å². The summed E-state index contributed by atoms with van der Waals surface area (Å²) in [6.07, 6.45) is 0. The molecule has 0 atom stereocenters. The summed E-state index contributed by atoms with van der Waals surface area (Å²) in [6.45, 7) is 1.80. The van der Waals surface area contributed by atoms with E-state index in [9.17, 15) is 19.7 Å². The Morgan fingerprint density at radius 1 is 1.12 bits per heavy atom. The number of para-hydroxylation sites is 1. The van der Waals surface area contributed by atoms with Crippen LogP contribution < -0.4 is 10.1 Å². The lowest BCUT2D eigenvalue weighted by atomic mass is 10.2. The minimum atomic E-state index is -0.692. The Morgan fingerprint density at radius 3 is 2.46 bits per heavy atom. The van der Waals surface area contributed by atoms with Gasteiger partial charge in [-0.1, -0.05) is 12.1 Å². The number of amides is 1. The molecule has 136 valence electrons. The fourth-order valence-corrected chi connectivity index (χ4v) is 2.14. The average Bonchev–Trinajstić information content (AvgIpc) is 2.65. The summed E-state index contributed by atoms with van der Waals surface area (Å²) in [4.78, 5) is 34.1. The highest BCUT2D eigenvalue weighted by molar-refractivity contribution is 5.96. The highest BCUT2D eigenvalue weighted by atomic mass is 16.6. The molecule has 8 heteroatoms. The summed E-state index contributed by atoms with van der Waals surface area (Å²) >= 11 is 0. The molecular weight excluding hydrogens is 340 g/mol. The average molecular weight is 358 g/mol. The standard InChI is InChI=1S/C18H18N2O6/c1-2-25-15-9-7-13(8-10-15)18(22)19-11-17(21)26-12-14-5-3-4-6-16(14)20(23)24/h3-10H,2,11-12H2,1H3,(H,19,22). The largest absolute Gasteiger partial charge is 0.494 e. The SMILES string of the molecule is CCOc1ccc(C(=O)NCC(=O)OCc2ccccc2[N+](=O)[O-])cc1. The van der Waals surface area contributed by atoms with Gasteiger partial charge in [0.2, 0.25) is 0 Å². The van der Waals surface area contributed by atoms with Crippen LogP contribution in [-0.2, 0) is 16.1 Å². The Labute approximate surface area is 149 Å². The van der Waals surface area contributed by atoms with E-state index in [2.05, 4.69) is 5.32 Å². The van der Waals surface area contributed by atoms with E-state index < -0.39 is 16.8 Å². The van der Waals surface area contributed by atoms with E-state index >= 15 is 0 Å². The molecule has 0 unspecified atom stereocenters. The predicted molar refractivity (Wildman–Crippen MR) is 92.8 cm³/mol. The monoisotopic (exact) mass is 358 g/mol. The van der Waals surface area contributed by atoms with E-state index in [1.54, 1.807) is 30.3 Å². The molecule has 0 saturated heterocycles. The lowest BCUT2D eigenvalue weighted by molar-refractivity contribution is -0.385. The second-order valence-electron chi connectivity index (χ2n) is 5.19. The van der Waals surface area contributed by atoms with Gasteiger partial charge in [-0.3, -0.25) is 19.7 Å². The van der Waals surface area contributed by atoms with Crippen molar-refractivity contribution in [2.24, 2.45) is 0 Å². The number of nitrogens with zero attached hydrogens (tertiary/aromatic N) is 1. The third-order valence-corrected chi connectivity index (χ3v) is 3.40. The van der Waals surface area contributed by atoms with Crippen LogP contribution in [0, 0.1) is 10.1 Å². The maximum atomic E-state index is 12.0. The number of rotatable bonds is 8. The van der Waals surface area contributed by atoms with E-state index in [0.717, 1.165) is 0 Å². The van der Waals surface area contributed by atoms with Gasteiger partial charge in [0.25, 0.3) is 11.6 Å². The molecule has 2 aromatic rings. The summed E-state index contributed by atoms with van der Waals surface area (Å²) in [5.74, 6) is -0.481. The van der Waals surface area contributed by atoms with Gasteiger partial charge in [-0.05, 0) is 37.3 Å². The highest BCUT2D eigenvalue weighted by Crippen LogP contribution is 2.18. The van der Waals surface area contributed by atoms with E-state index in [1.165, 1.54) is 18.2 Å². The minimum absolute atomic E-state index is 0.126. The van der Waals surface area contributed by atoms with Crippen LogP contribution in [0.1, 0.15) is 22.8 Å². The molecule has 0 heterocycles. The normalized spacial score (nSPS) is 10.0. The molecule has 0 spiro atoms. The van der Waals surface area contributed by atoms with Crippen LogP contribution in [0.4, 0.5) is 5.69 Å². The third kappa shape index (κ3) is 5.30. The van der Waals surface area contributed by atoms with Crippen LogP contribution >= 0.6 is 0 Å². The molecule has 0 aliphatic carbocycles. The molecule has 0 saturated carbocycles. The Hall–Kier alpha value is -3.42.